The van der Waals surface area contributed by atoms with E-state index in [9.17, 15) is 19.7 Å². The van der Waals surface area contributed by atoms with Crippen molar-refractivity contribution >= 4 is 28.8 Å². The van der Waals surface area contributed by atoms with Gasteiger partial charge in [0.05, 0.1) is 22.0 Å². The van der Waals surface area contributed by atoms with Crippen LogP contribution < -0.4 is 10.3 Å². The first-order chi connectivity index (χ1) is 15.5. The molecular formula is C23H22N4O5. The second-order valence-corrected chi connectivity index (χ2v) is 7.73. The highest BCUT2D eigenvalue weighted by molar-refractivity contribution is 5.88. The standard InChI is InChI=1S/C23H22N4O5/c1-15(28)32-21-17(10-7-13-20(21)27(30)31)14-24-26-22(16-8-3-2-4-9-16)25-19-12-6-5-11-18(19)23(26)29/h5-7,10-14,16H,2-4,8-9H2,1H3. The third-order valence-corrected chi connectivity index (χ3v) is 5.53. The van der Waals surface area contributed by atoms with E-state index >= 15 is 0 Å². The lowest BCUT2D eigenvalue weighted by molar-refractivity contribution is -0.385. The van der Waals surface area contributed by atoms with Crippen LogP contribution in [0, 0.1) is 10.1 Å². The van der Waals surface area contributed by atoms with E-state index in [-0.39, 0.29) is 28.5 Å². The zero-order valence-corrected chi connectivity index (χ0v) is 17.6. The second kappa shape index (κ2) is 9.09. The number of nitro groups is 1. The summed E-state index contributed by atoms with van der Waals surface area (Å²) in [5.74, 6) is -0.239. The normalized spacial score (nSPS) is 14.7. The maximum Gasteiger partial charge on any atom is 0.312 e. The molecule has 0 radical (unpaired) electrons. The van der Waals surface area contributed by atoms with Gasteiger partial charge in [0.15, 0.2) is 0 Å². The number of ether oxygens (including phenoxy) is 1. The second-order valence-electron chi connectivity index (χ2n) is 7.73. The van der Waals surface area contributed by atoms with Gasteiger partial charge < -0.3 is 4.74 Å². The molecule has 1 fully saturated rings. The Hall–Kier alpha value is -3.88. The van der Waals surface area contributed by atoms with Crippen LogP contribution in [0.2, 0.25) is 0 Å². The van der Waals surface area contributed by atoms with E-state index in [1.165, 1.54) is 29.1 Å². The summed E-state index contributed by atoms with van der Waals surface area (Å²) in [5.41, 5.74) is 0.150. The third-order valence-electron chi connectivity index (χ3n) is 5.53. The van der Waals surface area contributed by atoms with Gasteiger partial charge in [-0.15, -0.1) is 0 Å². The Morgan fingerprint density at radius 1 is 1.19 bits per heavy atom. The summed E-state index contributed by atoms with van der Waals surface area (Å²) in [6.07, 6.45) is 6.38. The predicted molar refractivity (Wildman–Crippen MR) is 119 cm³/mol. The number of para-hydroxylation sites is 2. The number of carbonyl (C=O) groups excluding carboxylic acids is 1. The molecule has 4 rings (SSSR count). The molecular weight excluding hydrogens is 412 g/mol. The number of carbonyl (C=O) groups is 1. The zero-order chi connectivity index (χ0) is 22.7. The fraction of sp³-hybridized carbons (Fsp3) is 0.304. The fourth-order valence-electron chi connectivity index (χ4n) is 4.04. The van der Waals surface area contributed by atoms with Crippen molar-refractivity contribution in [1.29, 1.82) is 0 Å². The smallest absolute Gasteiger partial charge is 0.312 e. The molecule has 32 heavy (non-hydrogen) atoms. The van der Waals surface area contributed by atoms with Crippen molar-refractivity contribution < 1.29 is 14.5 Å². The molecule has 0 aliphatic heterocycles. The third kappa shape index (κ3) is 4.27. The average molecular weight is 434 g/mol. The van der Waals surface area contributed by atoms with Gasteiger partial charge in [-0.3, -0.25) is 19.7 Å². The van der Waals surface area contributed by atoms with Crippen molar-refractivity contribution in [2.24, 2.45) is 5.10 Å². The number of benzene rings is 2. The summed E-state index contributed by atoms with van der Waals surface area (Å²) >= 11 is 0. The molecule has 1 aliphatic carbocycles. The Balaban J connectivity index is 1.86. The molecule has 0 atom stereocenters. The molecule has 0 spiro atoms. The highest BCUT2D eigenvalue weighted by Crippen LogP contribution is 2.32. The van der Waals surface area contributed by atoms with E-state index in [2.05, 4.69) is 5.10 Å². The molecule has 1 aliphatic rings. The summed E-state index contributed by atoms with van der Waals surface area (Å²) in [6.45, 7) is 1.16. The van der Waals surface area contributed by atoms with E-state index in [4.69, 9.17) is 9.72 Å². The topological polar surface area (TPSA) is 117 Å². The van der Waals surface area contributed by atoms with Crippen LogP contribution in [-0.2, 0) is 4.79 Å². The van der Waals surface area contributed by atoms with E-state index in [0.29, 0.717) is 16.7 Å². The van der Waals surface area contributed by atoms with Crippen LogP contribution in [0.4, 0.5) is 5.69 Å². The maximum absolute atomic E-state index is 13.3. The number of rotatable bonds is 5. The number of nitrogens with zero attached hydrogens (tertiary/aromatic N) is 4. The first-order valence-electron chi connectivity index (χ1n) is 10.5. The van der Waals surface area contributed by atoms with Gasteiger partial charge in [-0.1, -0.05) is 37.5 Å². The highest BCUT2D eigenvalue weighted by atomic mass is 16.6. The van der Waals surface area contributed by atoms with Crippen LogP contribution >= 0.6 is 0 Å². The van der Waals surface area contributed by atoms with Crippen LogP contribution in [-0.4, -0.2) is 26.8 Å². The van der Waals surface area contributed by atoms with Crippen molar-refractivity contribution in [2.75, 3.05) is 0 Å². The van der Waals surface area contributed by atoms with Crippen molar-refractivity contribution in [3.63, 3.8) is 0 Å². The number of nitro benzene ring substituents is 1. The number of hydrogen-bond donors (Lipinski definition) is 0. The molecule has 1 heterocycles. The van der Waals surface area contributed by atoms with E-state index < -0.39 is 10.9 Å². The molecule has 0 unspecified atom stereocenters. The SMILES string of the molecule is CC(=O)Oc1c(C=Nn2c(C3CCCCC3)nc3ccccc3c2=O)cccc1[N+](=O)[O-]. The van der Waals surface area contributed by atoms with Crippen LogP contribution in [0.3, 0.4) is 0 Å². The molecule has 164 valence electrons. The van der Waals surface area contributed by atoms with Gasteiger partial charge in [0.1, 0.15) is 5.82 Å². The van der Waals surface area contributed by atoms with Crippen molar-refractivity contribution in [2.45, 2.75) is 44.9 Å². The van der Waals surface area contributed by atoms with Gasteiger partial charge in [0.25, 0.3) is 5.56 Å². The van der Waals surface area contributed by atoms with Crippen LogP contribution in [0.25, 0.3) is 10.9 Å². The van der Waals surface area contributed by atoms with Crippen LogP contribution in [0.1, 0.15) is 56.3 Å². The quantitative estimate of drug-likeness (QED) is 0.196. The molecule has 0 saturated heterocycles. The van der Waals surface area contributed by atoms with Gasteiger partial charge in [-0.05, 0) is 31.0 Å². The molecule has 1 aromatic heterocycles. The Bertz CT molecular complexity index is 1280. The number of esters is 1. The number of fused-ring (bicyclic) bond motifs is 1. The van der Waals surface area contributed by atoms with Gasteiger partial charge in [0.2, 0.25) is 5.75 Å². The highest BCUT2D eigenvalue weighted by Gasteiger charge is 2.23. The zero-order valence-electron chi connectivity index (χ0n) is 17.6. The lowest BCUT2D eigenvalue weighted by atomic mass is 9.88. The maximum atomic E-state index is 13.3. The molecule has 0 N–H and O–H groups in total. The molecule has 9 nitrogen and oxygen atoms in total. The minimum Gasteiger partial charge on any atom is -0.419 e. The Labute approximate surface area is 183 Å². The molecule has 1 saturated carbocycles. The Kier molecular flexibility index (Phi) is 6.07. The van der Waals surface area contributed by atoms with Gasteiger partial charge in [-0.2, -0.15) is 9.78 Å². The lowest BCUT2D eigenvalue weighted by Gasteiger charge is -2.22. The van der Waals surface area contributed by atoms with Crippen molar-refractivity contribution in [1.82, 2.24) is 9.66 Å². The molecule has 0 amide bonds. The molecule has 0 bridgehead atoms. The summed E-state index contributed by atoms with van der Waals surface area (Å²) in [5, 5.41) is 16.2. The van der Waals surface area contributed by atoms with Crippen molar-refractivity contribution in [3.8, 4) is 5.75 Å². The fourth-order valence-corrected chi connectivity index (χ4v) is 4.04. The molecule has 2 aromatic carbocycles. The lowest BCUT2D eigenvalue weighted by Crippen LogP contribution is -2.25. The largest absolute Gasteiger partial charge is 0.419 e. The van der Waals surface area contributed by atoms with Crippen molar-refractivity contribution in [3.05, 3.63) is 74.3 Å². The number of hydrogen-bond acceptors (Lipinski definition) is 7. The van der Waals surface area contributed by atoms with E-state index in [0.717, 1.165) is 39.0 Å². The summed E-state index contributed by atoms with van der Waals surface area (Å²) in [7, 11) is 0. The minimum atomic E-state index is -0.693. The first-order valence-corrected chi connectivity index (χ1v) is 10.5. The van der Waals surface area contributed by atoms with Gasteiger partial charge in [-0.25, -0.2) is 4.98 Å². The summed E-state index contributed by atoms with van der Waals surface area (Å²) in [6, 6.07) is 11.3. The van der Waals surface area contributed by atoms with E-state index in [1.807, 2.05) is 6.07 Å². The monoisotopic (exact) mass is 434 g/mol. The Morgan fingerprint density at radius 3 is 2.66 bits per heavy atom. The van der Waals surface area contributed by atoms with Crippen LogP contribution in [0.5, 0.6) is 5.75 Å². The minimum absolute atomic E-state index is 0.0938. The van der Waals surface area contributed by atoms with Gasteiger partial charge >= 0.3 is 11.7 Å². The summed E-state index contributed by atoms with van der Waals surface area (Å²) < 4.78 is 6.37. The van der Waals surface area contributed by atoms with Crippen LogP contribution in [0.15, 0.2) is 52.4 Å². The number of aromatic nitrogens is 2. The summed E-state index contributed by atoms with van der Waals surface area (Å²) in [4.78, 5) is 40.3. The predicted octanol–water partition coefficient (Wildman–Crippen LogP) is 4.16. The average Bonchev–Trinajstić information content (AvgIpc) is 2.79. The molecule has 3 aromatic rings. The van der Waals surface area contributed by atoms with E-state index in [1.54, 1.807) is 18.2 Å². The Morgan fingerprint density at radius 2 is 1.94 bits per heavy atom. The first kappa shape index (κ1) is 21.4. The molecule has 9 heteroatoms. The van der Waals surface area contributed by atoms with Gasteiger partial charge in [0, 0.05) is 24.5 Å².